The van der Waals surface area contributed by atoms with Crippen LogP contribution < -0.4 is 15.2 Å². The minimum atomic E-state index is -0.488. The van der Waals surface area contributed by atoms with Crippen LogP contribution in [-0.2, 0) is 16.2 Å². The average Bonchev–Trinajstić information content (AvgIpc) is 3.07. The molecule has 1 aliphatic rings. The summed E-state index contributed by atoms with van der Waals surface area (Å²) >= 11 is 6.34. The highest BCUT2D eigenvalue weighted by atomic mass is 35.5. The first-order valence-electron chi connectivity index (χ1n) is 9.39. The first-order valence-corrected chi connectivity index (χ1v) is 9.77. The number of ether oxygens (including phenoxy) is 1. The van der Waals surface area contributed by atoms with Crippen LogP contribution in [0.1, 0.15) is 16.7 Å². The molecular weight excluding hydrogens is 414 g/mol. The summed E-state index contributed by atoms with van der Waals surface area (Å²) in [6.07, 6.45) is 1.49. The lowest BCUT2D eigenvalue weighted by Crippen LogP contribution is -2.35. The van der Waals surface area contributed by atoms with Crippen LogP contribution in [0.3, 0.4) is 0 Å². The average molecular weight is 430 g/mol. The summed E-state index contributed by atoms with van der Waals surface area (Å²) < 4.78 is 5.75. The molecule has 4 rings (SSSR count). The fraction of sp³-hybridized carbons (Fsp3) is 0.0417. The molecule has 31 heavy (non-hydrogen) atoms. The summed E-state index contributed by atoms with van der Waals surface area (Å²) in [6.45, 7) is 0.191. The van der Waals surface area contributed by atoms with E-state index in [1.54, 1.807) is 54.6 Å². The molecule has 1 heterocycles. The Balaban J connectivity index is 1.51. The highest BCUT2D eigenvalue weighted by Crippen LogP contribution is 2.28. The van der Waals surface area contributed by atoms with Crippen LogP contribution in [-0.4, -0.2) is 11.8 Å². The second kappa shape index (κ2) is 8.74. The monoisotopic (exact) mass is 429 g/mol. The Kier molecular flexibility index (Phi) is 5.69. The lowest BCUT2D eigenvalue weighted by atomic mass is 10.1. The summed E-state index contributed by atoms with van der Waals surface area (Å²) in [7, 11) is 0. The molecule has 0 atom stereocenters. The van der Waals surface area contributed by atoms with Gasteiger partial charge in [-0.3, -0.25) is 15.0 Å². The number of carbonyl (C=O) groups excluding carboxylic acids is 2. The molecule has 0 bridgehead atoms. The van der Waals surface area contributed by atoms with Crippen LogP contribution in [0.15, 0.2) is 78.4 Å². The van der Waals surface area contributed by atoms with Crippen LogP contribution >= 0.6 is 11.6 Å². The number of rotatable bonds is 5. The van der Waals surface area contributed by atoms with Crippen molar-refractivity contribution in [3.63, 3.8) is 0 Å². The fourth-order valence-electron chi connectivity index (χ4n) is 3.12. The third kappa shape index (κ3) is 4.27. The summed E-state index contributed by atoms with van der Waals surface area (Å²) in [6, 6.07) is 23.1. The maximum Gasteiger partial charge on any atom is 0.282 e. The van der Waals surface area contributed by atoms with Gasteiger partial charge in [-0.25, -0.2) is 5.01 Å². The molecule has 2 amide bonds. The van der Waals surface area contributed by atoms with Gasteiger partial charge in [0.05, 0.1) is 22.3 Å². The van der Waals surface area contributed by atoms with Crippen LogP contribution in [0, 0.1) is 11.3 Å². The van der Waals surface area contributed by atoms with Gasteiger partial charge in [-0.05, 0) is 42.0 Å². The van der Waals surface area contributed by atoms with Crippen molar-refractivity contribution in [2.24, 2.45) is 0 Å². The molecular formula is C24H16ClN3O3. The molecule has 6 nitrogen and oxygen atoms in total. The van der Waals surface area contributed by atoms with Gasteiger partial charge in [-0.15, -0.1) is 0 Å². The molecule has 1 fully saturated rings. The third-order valence-corrected chi connectivity index (χ3v) is 4.99. The van der Waals surface area contributed by atoms with Crippen molar-refractivity contribution in [1.29, 1.82) is 5.26 Å². The third-order valence-electron chi connectivity index (χ3n) is 4.69. The Hall–Kier alpha value is -4.08. The van der Waals surface area contributed by atoms with E-state index in [0.717, 1.165) is 5.56 Å². The van der Waals surface area contributed by atoms with Gasteiger partial charge in [0.2, 0.25) is 0 Å². The van der Waals surface area contributed by atoms with Crippen LogP contribution in [0.4, 0.5) is 5.69 Å². The van der Waals surface area contributed by atoms with Gasteiger partial charge < -0.3 is 4.74 Å². The molecule has 152 valence electrons. The molecule has 7 heteroatoms. The maximum absolute atomic E-state index is 12.7. The number of amides is 2. The second-order valence-electron chi connectivity index (χ2n) is 6.72. The van der Waals surface area contributed by atoms with Crippen LogP contribution in [0.2, 0.25) is 5.02 Å². The highest BCUT2D eigenvalue weighted by molar-refractivity contribution is 6.33. The summed E-state index contributed by atoms with van der Waals surface area (Å²) in [5.74, 6) is -0.496. The number of nitriles is 1. The van der Waals surface area contributed by atoms with Crippen molar-refractivity contribution in [3.05, 3.63) is 100 Å². The van der Waals surface area contributed by atoms with Crippen molar-refractivity contribution in [2.45, 2.75) is 6.61 Å². The quantitative estimate of drug-likeness (QED) is 0.485. The zero-order valence-corrected chi connectivity index (χ0v) is 17.0. The minimum Gasteiger partial charge on any atom is -0.487 e. The number of benzene rings is 3. The van der Waals surface area contributed by atoms with Gasteiger partial charge in [0.1, 0.15) is 17.9 Å². The van der Waals surface area contributed by atoms with Gasteiger partial charge in [0, 0.05) is 5.56 Å². The van der Waals surface area contributed by atoms with E-state index in [0.29, 0.717) is 27.6 Å². The second-order valence-corrected chi connectivity index (χ2v) is 7.13. The number of anilines is 1. The number of hydrogen-bond acceptors (Lipinski definition) is 4. The van der Waals surface area contributed by atoms with Gasteiger partial charge in [-0.2, -0.15) is 5.26 Å². The smallest absolute Gasteiger partial charge is 0.282 e. The first-order chi connectivity index (χ1) is 15.1. The lowest BCUT2D eigenvalue weighted by molar-refractivity contribution is -0.117. The Morgan fingerprint density at radius 1 is 1.03 bits per heavy atom. The van der Waals surface area contributed by atoms with Gasteiger partial charge in [-0.1, -0.05) is 54.1 Å². The fourth-order valence-corrected chi connectivity index (χ4v) is 3.36. The Labute approximate surface area is 183 Å². The number of nitrogens with one attached hydrogen (secondary N) is 1. The van der Waals surface area contributed by atoms with E-state index in [-0.39, 0.29) is 12.2 Å². The van der Waals surface area contributed by atoms with Crippen LogP contribution in [0.25, 0.3) is 6.08 Å². The molecule has 0 aliphatic carbocycles. The maximum atomic E-state index is 12.7. The molecule has 1 N–H and O–H groups in total. The Bertz CT molecular complexity index is 1230. The number of hydrazine groups is 1. The predicted molar refractivity (Wildman–Crippen MR) is 117 cm³/mol. The minimum absolute atomic E-state index is 0.0107. The molecule has 3 aromatic carbocycles. The predicted octanol–water partition coefficient (Wildman–Crippen LogP) is 4.25. The van der Waals surface area contributed by atoms with E-state index < -0.39 is 11.8 Å². The first kappa shape index (κ1) is 20.2. The Morgan fingerprint density at radius 2 is 1.77 bits per heavy atom. The van der Waals surface area contributed by atoms with E-state index in [4.69, 9.17) is 16.3 Å². The topological polar surface area (TPSA) is 82.4 Å². The largest absolute Gasteiger partial charge is 0.487 e. The standard InChI is InChI=1S/C24H16ClN3O3/c25-21-13-16(10-11-22(21)31-15-18-7-5-4-6-17(18)14-26)12-20-23(29)27-28(24(20)30)19-8-2-1-3-9-19/h1-13H,15H2,(H,27,29). The highest BCUT2D eigenvalue weighted by Gasteiger charge is 2.34. The number of nitrogens with zero attached hydrogens (tertiary/aromatic N) is 2. The summed E-state index contributed by atoms with van der Waals surface area (Å²) in [5.41, 5.74) is 5.02. The number of para-hydroxylation sites is 1. The van der Waals surface area contributed by atoms with Gasteiger partial charge >= 0.3 is 0 Å². The van der Waals surface area contributed by atoms with E-state index >= 15 is 0 Å². The molecule has 0 spiro atoms. The van der Waals surface area contributed by atoms with Crippen molar-refractivity contribution in [1.82, 2.24) is 5.43 Å². The van der Waals surface area contributed by atoms with E-state index in [9.17, 15) is 14.9 Å². The molecule has 0 radical (unpaired) electrons. The Morgan fingerprint density at radius 3 is 2.52 bits per heavy atom. The van der Waals surface area contributed by atoms with Crippen LogP contribution in [0.5, 0.6) is 5.75 Å². The van der Waals surface area contributed by atoms with Gasteiger partial charge in [0.15, 0.2) is 0 Å². The van der Waals surface area contributed by atoms with Gasteiger partial charge in [0.25, 0.3) is 11.8 Å². The van der Waals surface area contributed by atoms with E-state index in [1.165, 1.54) is 11.1 Å². The molecule has 1 aliphatic heterocycles. The number of carbonyl (C=O) groups is 2. The SMILES string of the molecule is N#Cc1ccccc1COc1ccc(C=C2C(=O)NN(c3ccccc3)C2=O)cc1Cl. The number of hydrogen-bond donors (Lipinski definition) is 1. The van der Waals surface area contributed by atoms with E-state index in [2.05, 4.69) is 11.5 Å². The summed E-state index contributed by atoms with van der Waals surface area (Å²) in [5, 5.41) is 10.7. The zero-order chi connectivity index (χ0) is 21.8. The zero-order valence-electron chi connectivity index (χ0n) is 16.2. The van der Waals surface area contributed by atoms with E-state index in [1.807, 2.05) is 18.2 Å². The molecule has 0 saturated carbocycles. The molecule has 3 aromatic rings. The molecule has 0 aromatic heterocycles. The summed E-state index contributed by atoms with van der Waals surface area (Å²) in [4.78, 5) is 25.0. The van der Waals surface area contributed by atoms with Crippen molar-refractivity contribution >= 4 is 35.2 Å². The molecule has 0 unspecified atom stereocenters. The number of halogens is 1. The van der Waals surface area contributed by atoms with Crippen molar-refractivity contribution in [3.8, 4) is 11.8 Å². The normalized spacial score (nSPS) is 14.5. The van der Waals surface area contributed by atoms with Crippen molar-refractivity contribution in [2.75, 3.05) is 5.01 Å². The lowest BCUT2D eigenvalue weighted by Gasteiger charge is -2.13. The van der Waals surface area contributed by atoms with Crippen molar-refractivity contribution < 1.29 is 14.3 Å². The molecule has 1 saturated heterocycles.